The molecule has 0 aliphatic heterocycles. The molecule has 0 rings (SSSR count). The quantitative estimate of drug-likeness (QED) is 0.0719. The highest BCUT2D eigenvalue weighted by Gasteiger charge is 2.21. The largest absolute Gasteiger partial charge is 0.464 e. The van der Waals surface area contributed by atoms with Crippen molar-refractivity contribution in [2.75, 3.05) is 13.2 Å². The van der Waals surface area contributed by atoms with Crippen LogP contribution in [0.15, 0.2) is 0 Å². The fraction of sp³-hybridized carbons (Fsp3) is 0.909. The van der Waals surface area contributed by atoms with E-state index in [1.54, 1.807) is 0 Å². The monoisotopic (exact) mass is 552 g/mol. The molecule has 0 bridgehead atoms. The molecule has 0 fully saturated rings. The van der Waals surface area contributed by atoms with Gasteiger partial charge >= 0.3 is 5.97 Å². The minimum absolute atomic E-state index is 0.0642. The average Bonchev–Trinajstić information content (AvgIpc) is 2.93. The van der Waals surface area contributed by atoms with Gasteiger partial charge in [0, 0.05) is 19.4 Å². The zero-order valence-electron chi connectivity index (χ0n) is 26.1. The van der Waals surface area contributed by atoms with Gasteiger partial charge in [0.25, 0.3) is 0 Å². The Kier molecular flexibility index (Phi) is 28.2. The summed E-state index contributed by atoms with van der Waals surface area (Å²) >= 11 is 0. The van der Waals surface area contributed by atoms with E-state index >= 15 is 0 Å². The van der Waals surface area contributed by atoms with E-state index in [2.05, 4.69) is 24.5 Å². The summed E-state index contributed by atoms with van der Waals surface area (Å²) in [5.41, 5.74) is 0. The smallest absolute Gasteiger partial charge is 0.328 e. The van der Waals surface area contributed by atoms with Crippen LogP contribution < -0.4 is 10.6 Å². The van der Waals surface area contributed by atoms with E-state index in [0.29, 0.717) is 32.4 Å². The normalized spacial score (nSPS) is 11.8. The number of ether oxygens (including phenoxy) is 1. The van der Waals surface area contributed by atoms with Crippen molar-refractivity contribution in [1.82, 2.24) is 10.6 Å². The summed E-state index contributed by atoms with van der Waals surface area (Å²) in [5.74, 6) is -0.288. The first-order chi connectivity index (χ1) is 19.0. The third-order valence-corrected chi connectivity index (χ3v) is 7.32. The van der Waals surface area contributed by atoms with E-state index in [9.17, 15) is 14.4 Å². The molecule has 0 radical (unpaired) electrons. The molecule has 0 aromatic heterocycles. The van der Waals surface area contributed by atoms with Crippen LogP contribution in [0.25, 0.3) is 0 Å². The number of nitrogens with one attached hydrogen (secondary N) is 2. The van der Waals surface area contributed by atoms with E-state index in [1.165, 1.54) is 89.9 Å². The first-order valence-electron chi connectivity index (χ1n) is 16.8. The second-order valence-corrected chi connectivity index (χ2v) is 11.3. The van der Waals surface area contributed by atoms with Crippen LogP contribution in [-0.4, -0.2) is 37.0 Å². The van der Waals surface area contributed by atoms with E-state index < -0.39 is 6.04 Å². The van der Waals surface area contributed by atoms with Gasteiger partial charge in [-0.3, -0.25) is 9.59 Å². The maximum absolute atomic E-state index is 12.5. The standard InChI is InChI=1S/C33H64N2O4/c1-4-7-9-11-13-15-17-19-21-26-31(36)34-28-24-23-25-30(33(38)39-29-6-3)35-32(37)27-22-20-18-16-14-12-10-8-5-2/h30H,4-29H2,1-3H3,(H,34,36)(H,35,37). The van der Waals surface area contributed by atoms with Gasteiger partial charge in [0.15, 0.2) is 0 Å². The van der Waals surface area contributed by atoms with Crippen LogP contribution >= 0.6 is 0 Å². The van der Waals surface area contributed by atoms with E-state index in [0.717, 1.165) is 44.9 Å². The van der Waals surface area contributed by atoms with Crippen molar-refractivity contribution in [3.05, 3.63) is 0 Å². The van der Waals surface area contributed by atoms with Crippen LogP contribution in [0.5, 0.6) is 0 Å². The van der Waals surface area contributed by atoms with Crippen molar-refractivity contribution < 1.29 is 19.1 Å². The number of unbranched alkanes of at least 4 members (excludes halogenated alkanes) is 17. The van der Waals surface area contributed by atoms with Gasteiger partial charge in [0.1, 0.15) is 6.04 Å². The van der Waals surface area contributed by atoms with Gasteiger partial charge in [0.05, 0.1) is 6.61 Å². The lowest BCUT2D eigenvalue weighted by Crippen LogP contribution is -2.42. The third kappa shape index (κ3) is 26.4. The number of hydrogen-bond donors (Lipinski definition) is 2. The maximum Gasteiger partial charge on any atom is 0.328 e. The van der Waals surface area contributed by atoms with Gasteiger partial charge in [-0.15, -0.1) is 0 Å². The number of carbonyl (C=O) groups is 3. The maximum atomic E-state index is 12.5. The number of amides is 2. The summed E-state index contributed by atoms with van der Waals surface area (Å²) in [7, 11) is 0. The van der Waals surface area contributed by atoms with Crippen molar-refractivity contribution in [2.45, 2.75) is 181 Å². The number of esters is 1. The Balaban J connectivity index is 4.00. The lowest BCUT2D eigenvalue weighted by atomic mass is 10.1. The predicted molar refractivity (Wildman–Crippen MR) is 164 cm³/mol. The molecule has 0 aliphatic rings. The van der Waals surface area contributed by atoms with Crippen molar-refractivity contribution >= 4 is 17.8 Å². The van der Waals surface area contributed by atoms with Crippen molar-refractivity contribution in [2.24, 2.45) is 0 Å². The fourth-order valence-corrected chi connectivity index (χ4v) is 4.80. The second-order valence-electron chi connectivity index (χ2n) is 11.3. The number of rotatable bonds is 29. The van der Waals surface area contributed by atoms with Gasteiger partial charge in [-0.1, -0.05) is 124 Å². The molecule has 6 nitrogen and oxygen atoms in total. The predicted octanol–water partition coefficient (Wildman–Crippen LogP) is 8.55. The van der Waals surface area contributed by atoms with Crippen LogP contribution in [0.4, 0.5) is 0 Å². The van der Waals surface area contributed by atoms with Crippen LogP contribution in [0, 0.1) is 0 Å². The zero-order chi connectivity index (χ0) is 28.8. The highest BCUT2D eigenvalue weighted by atomic mass is 16.5. The topological polar surface area (TPSA) is 84.5 Å². The Morgan fingerprint density at radius 2 is 1.00 bits per heavy atom. The molecule has 2 N–H and O–H groups in total. The third-order valence-electron chi connectivity index (χ3n) is 7.32. The molecule has 6 heteroatoms. The van der Waals surface area contributed by atoms with Gasteiger partial charge in [0.2, 0.25) is 11.8 Å². The molecule has 230 valence electrons. The average molecular weight is 553 g/mol. The number of hydrogen-bond acceptors (Lipinski definition) is 4. The molecule has 0 aromatic rings. The van der Waals surface area contributed by atoms with Gasteiger partial charge in [-0.2, -0.15) is 0 Å². The Morgan fingerprint density at radius 3 is 1.49 bits per heavy atom. The first-order valence-corrected chi connectivity index (χ1v) is 16.8. The summed E-state index contributed by atoms with van der Waals surface area (Å²) in [6.45, 7) is 7.42. The Labute approximate surface area is 241 Å². The lowest BCUT2D eigenvalue weighted by Gasteiger charge is -2.18. The van der Waals surface area contributed by atoms with Crippen molar-refractivity contribution in [3.63, 3.8) is 0 Å². The molecule has 0 aromatic carbocycles. The molecule has 0 aliphatic carbocycles. The molecule has 1 atom stereocenters. The van der Waals surface area contributed by atoms with Crippen molar-refractivity contribution in [3.8, 4) is 0 Å². The summed E-state index contributed by atoms with van der Waals surface area (Å²) in [6.07, 6.45) is 26.0. The van der Waals surface area contributed by atoms with Crippen molar-refractivity contribution in [1.29, 1.82) is 0 Å². The minimum atomic E-state index is -0.597. The fourth-order valence-electron chi connectivity index (χ4n) is 4.80. The summed E-state index contributed by atoms with van der Waals surface area (Å²) in [6, 6.07) is -0.597. The zero-order valence-corrected chi connectivity index (χ0v) is 26.1. The van der Waals surface area contributed by atoms with Crippen LogP contribution in [0.2, 0.25) is 0 Å². The van der Waals surface area contributed by atoms with E-state index in [4.69, 9.17) is 4.74 Å². The van der Waals surface area contributed by atoms with Crippen LogP contribution in [-0.2, 0) is 19.1 Å². The molecular weight excluding hydrogens is 488 g/mol. The van der Waals surface area contributed by atoms with E-state index in [1.807, 2.05) is 6.92 Å². The molecule has 0 saturated heterocycles. The molecule has 1 unspecified atom stereocenters. The van der Waals surface area contributed by atoms with Crippen LogP contribution in [0.1, 0.15) is 175 Å². The highest BCUT2D eigenvalue weighted by molar-refractivity contribution is 5.84. The van der Waals surface area contributed by atoms with Gasteiger partial charge < -0.3 is 15.4 Å². The Bertz CT molecular complexity index is 582. The summed E-state index contributed by atoms with van der Waals surface area (Å²) < 4.78 is 5.32. The van der Waals surface area contributed by atoms with Gasteiger partial charge in [-0.25, -0.2) is 4.79 Å². The van der Waals surface area contributed by atoms with Gasteiger partial charge in [-0.05, 0) is 38.5 Å². The summed E-state index contributed by atoms with van der Waals surface area (Å²) in [5, 5.41) is 5.91. The van der Waals surface area contributed by atoms with E-state index in [-0.39, 0.29) is 17.8 Å². The molecule has 39 heavy (non-hydrogen) atoms. The second kappa shape index (κ2) is 29.4. The molecule has 0 saturated carbocycles. The Hall–Kier alpha value is -1.59. The molecule has 0 spiro atoms. The Morgan fingerprint density at radius 1 is 0.538 bits per heavy atom. The van der Waals surface area contributed by atoms with Crippen LogP contribution in [0.3, 0.4) is 0 Å². The minimum Gasteiger partial charge on any atom is -0.464 e. The lowest BCUT2D eigenvalue weighted by molar-refractivity contribution is -0.148. The first kappa shape index (κ1) is 37.4. The number of carbonyl (C=O) groups excluding carboxylic acids is 3. The molecule has 0 heterocycles. The summed E-state index contributed by atoms with van der Waals surface area (Å²) in [4.78, 5) is 37.1. The molecular formula is C33H64N2O4. The highest BCUT2D eigenvalue weighted by Crippen LogP contribution is 2.12. The molecule has 2 amide bonds. The SMILES string of the molecule is CCCCCCCCCCCC(=O)NCCCCC(NC(=O)CCCCCCCCCCC)C(=O)OCCC.